The second-order valence-electron chi connectivity index (χ2n) is 9.65. The van der Waals surface area contributed by atoms with Gasteiger partial charge in [-0.25, -0.2) is 0 Å². The van der Waals surface area contributed by atoms with Crippen molar-refractivity contribution in [1.82, 2.24) is 0 Å². The highest BCUT2D eigenvalue weighted by Crippen LogP contribution is 2.41. The van der Waals surface area contributed by atoms with Crippen LogP contribution in [-0.2, 0) is 29.8 Å². The zero-order chi connectivity index (χ0) is 24.4. The first-order valence-corrected chi connectivity index (χ1v) is 11.9. The summed E-state index contributed by atoms with van der Waals surface area (Å²) in [7, 11) is 0. The molecule has 1 aromatic rings. The van der Waals surface area contributed by atoms with Crippen LogP contribution in [0.3, 0.4) is 0 Å². The van der Waals surface area contributed by atoms with E-state index in [1.165, 1.54) is 0 Å². The van der Waals surface area contributed by atoms with Crippen LogP contribution < -0.4 is 9.47 Å². The van der Waals surface area contributed by atoms with Gasteiger partial charge in [-0.1, -0.05) is 41.5 Å². The average Bonchev–Trinajstić information content (AvgIpc) is 2.69. The lowest BCUT2D eigenvalue weighted by molar-refractivity contribution is -0.153. The van der Waals surface area contributed by atoms with Crippen LogP contribution in [0.2, 0.25) is 0 Å². The number of rotatable bonds is 14. The third-order valence-corrected chi connectivity index (χ3v) is 4.86. The number of benzene rings is 1. The van der Waals surface area contributed by atoms with E-state index >= 15 is 0 Å². The Bertz CT molecular complexity index is 590. The van der Waals surface area contributed by atoms with Gasteiger partial charge in [-0.15, -0.1) is 0 Å². The summed E-state index contributed by atoms with van der Waals surface area (Å²) in [6, 6.07) is 4.20. The van der Waals surface area contributed by atoms with Crippen molar-refractivity contribution < 1.29 is 28.4 Å². The molecule has 0 aromatic heterocycles. The van der Waals surface area contributed by atoms with Gasteiger partial charge in [0.1, 0.15) is 24.7 Å². The molecule has 1 rings (SSSR count). The fourth-order valence-electron chi connectivity index (χ4n) is 3.32. The highest BCUT2D eigenvalue weighted by atomic mass is 16.7. The van der Waals surface area contributed by atoms with Crippen molar-refractivity contribution in [1.29, 1.82) is 0 Å². The lowest BCUT2D eigenvalue weighted by atomic mass is 9.81. The molecule has 0 aliphatic heterocycles. The highest BCUT2D eigenvalue weighted by molar-refractivity contribution is 5.51. The summed E-state index contributed by atoms with van der Waals surface area (Å²) in [4.78, 5) is 0. The first-order valence-electron chi connectivity index (χ1n) is 11.9. The predicted molar refractivity (Wildman–Crippen MR) is 129 cm³/mol. The van der Waals surface area contributed by atoms with Gasteiger partial charge in [0.25, 0.3) is 0 Å². The van der Waals surface area contributed by atoms with Crippen LogP contribution in [0.5, 0.6) is 11.5 Å². The van der Waals surface area contributed by atoms with Crippen LogP contribution in [-0.4, -0.2) is 52.2 Å². The van der Waals surface area contributed by atoms with Crippen molar-refractivity contribution in [2.24, 2.45) is 0 Å². The van der Waals surface area contributed by atoms with E-state index in [9.17, 15) is 0 Å². The molecule has 0 amide bonds. The smallest absolute Gasteiger partial charge is 0.191 e. The topological polar surface area (TPSA) is 55.4 Å². The van der Waals surface area contributed by atoms with Gasteiger partial charge in [-0.2, -0.15) is 0 Å². The number of ether oxygens (including phenoxy) is 6. The summed E-state index contributed by atoms with van der Waals surface area (Å²) < 4.78 is 35.2. The molecule has 1 aromatic carbocycles. The van der Waals surface area contributed by atoms with E-state index in [1.54, 1.807) is 0 Å². The molecule has 0 aliphatic rings. The SMILES string of the molecule is CCOC(COc1cc(C(C)(C)C)c(OCC(OCC)OCC)cc1C(C)(C)C)OCC. The van der Waals surface area contributed by atoms with Gasteiger partial charge < -0.3 is 28.4 Å². The van der Waals surface area contributed by atoms with Crippen LogP contribution in [0.25, 0.3) is 0 Å². The Kier molecular flexibility index (Phi) is 12.0. The molecule has 186 valence electrons. The standard InChI is InChI=1S/C26H46O6/c1-11-27-23(28-12-2)17-31-21-15-20(26(8,9)10)22(16-19(21)25(5,6)7)32-18-24(29-13-3)30-14-4/h15-16,23-24H,11-14,17-18H2,1-10H3. The Morgan fingerprint density at radius 3 is 1.06 bits per heavy atom. The Hall–Kier alpha value is -1.34. The van der Waals surface area contributed by atoms with Gasteiger partial charge in [0, 0.05) is 37.6 Å². The fraction of sp³-hybridized carbons (Fsp3) is 0.769. The molecule has 6 heteroatoms. The van der Waals surface area contributed by atoms with Gasteiger partial charge in [-0.3, -0.25) is 0 Å². The van der Waals surface area contributed by atoms with E-state index in [1.807, 2.05) is 27.7 Å². The molecule has 6 nitrogen and oxygen atoms in total. The third-order valence-electron chi connectivity index (χ3n) is 4.86. The largest absolute Gasteiger partial charge is 0.488 e. The Labute approximate surface area is 195 Å². The molecule has 0 fully saturated rings. The lowest BCUT2D eigenvalue weighted by Gasteiger charge is -2.30. The first kappa shape index (κ1) is 28.7. The van der Waals surface area contributed by atoms with Crippen LogP contribution in [0.4, 0.5) is 0 Å². The van der Waals surface area contributed by atoms with Gasteiger partial charge in [0.15, 0.2) is 12.6 Å². The molecule has 0 saturated heterocycles. The summed E-state index contributed by atoms with van der Waals surface area (Å²) in [5.41, 5.74) is 1.85. The predicted octanol–water partition coefficient (Wildman–Crippen LogP) is 5.84. The van der Waals surface area contributed by atoms with E-state index < -0.39 is 12.6 Å². The minimum absolute atomic E-state index is 0.143. The molecule has 0 spiro atoms. The third kappa shape index (κ3) is 9.26. The van der Waals surface area contributed by atoms with Crippen molar-refractivity contribution in [3.63, 3.8) is 0 Å². The van der Waals surface area contributed by atoms with Crippen molar-refractivity contribution in [2.75, 3.05) is 39.6 Å². The summed E-state index contributed by atoms with van der Waals surface area (Å²) in [6.45, 7) is 23.8. The number of hydrogen-bond acceptors (Lipinski definition) is 6. The molecular formula is C26H46O6. The molecule has 0 N–H and O–H groups in total. The van der Waals surface area contributed by atoms with Crippen molar-refractivity contribution in [3.8, 4) is 11.5 Å². The maximum atomic E-state index is 6.27. The Balaban J connectivity index is 3.31. The monoisotopic (exact) mass is 454 g/mol. The molecule has 32 heavy (non-hydrogen) atoms. The molecule has 0 unspecified atom stereocenters. The quantitative estimate of drug-likeness (QED) is 0.329. The van der Waals surface area contributed by atoms with Crippen molar-refractivity contribution in [3.05, 3.63) is 23.3 Å². The van der Waals surface area contributed by atoms with Crippen LogP contribution in [0.1, 0.15) is 80.4 Å². The summed E-state index contributed by atoms with van der Waals surface area (Å²) in [5, 5.41) is 0. The number of hydrogen-bond donors (Lipinski definition) is 0. The van der Waals surface area contributed by atoms with Crippen molar-refractivity contribution in [2.45, 2.75) is 92.6 Å². The van der Waals surface area contributed by atoms with Crippen LogP contribution >= 0.6 is 0 Å². The first-order chi connectivity index (χ1) is 15.0. The minimum Gasteiger partial charge on any atom is -0.488 e. The van der Waals surface area contributed by atoms with Crippen molar-refractivity contribution >= 4 is 0 Å². The fourth-order valence-corrected chi connectivity index (χ4v) is 3.32. The summed E-state index contributed by atoms with van der Waals surface area (Å²) >= 11 is 0. The maximum absolute atomic E-state index is 6.27. The van der Waals surface area contributed by atoms with Gasteiger partial charge in [0.05, 0.1) is 0 Å². The molecule has 0 radical (unpaired) electrons. The normalized spacial score (nSPS) is 12.6. The van der Waals surface area contributed by atoms with Gasteiger partial charge >= 0.3 is 0 Å². The van der Waals surface area contributed by atoms with E-state index in [0.29, 0.717) is 39.6 Å². The summed E-state index contributed by atoms with van der Waals surface area (Å²) in [5.74, 6) is 1.65. The maximum Gasteiger partial charge on any atom is 0.191 e. The molecule has 0 atom stereocenters. The van der Waals surface area contributed by atoms with Gasteiger partial charge in [0.2, 0.25) is 0 Å². The molecule has 0 aliphatic carbocycles. The van der Waals surface area contributed by atoms with Crippen LogP contribution in [0.15, 0.2) is 12.1 Å². The second kappa shape index (κ2) is 13.4. The molecule has 0 bridgehead atoms. The molecular weight excluding hydrogens is 408 g/mol. The lowest BCUT2D eigenvalue weighted by Crippen LogP contribution is -2.27. The molecule has 0 heterocycles. The minimum atomic E-state index is -0.398. The van der Waals surface area contributed by atoms with E-state index in [0.717, 1.165) is 22.6 Å². The van der Waals surface area contributed by atoms with Crippen LogP contribution in [0, 0.1) is 0 Å². The molecule has 0 saturated carbocycles. The highest BCUT2D eigenvalue weighted by Gasteiger charge is 2.28. The Morgan fingerprint density at radius 2 is 0.844 bits per heavy atom. The van der Waals surface area contributed by atoms with E-state index in [-0.39, 0.29) is 10.8 Å². The second-order valence-corrected chi connectivity index (χ2v) is 9.65. The average molecular weight is 455 g/mol. The van der Waals surface area contributed by atoms with Gasteiger partial charge in [-0.05, 0) is 50.7 Å². The summed E-state index contributed by atoms with van der Waals surface area (Å²) in [6.07, 6.45) is -0.796. The van der Waals surface area contributed by atoms with E-state index in [4.69, 9.17) is 28.4 Å². The zero-order valence-electron chi connectivity index (χ0n) is 22.0. The van der Waals surface area contributed by atoms with E-state index in [2.05, 4.69) is 53.7 Å². The Morgan fingerprint density at radius 1 is 0.562 bits per heavy atom. The zero-order valence-corrected chi connectivity index (χ0v) is 22.0.